The second-order valence-corrected chi connectivity index (χ2v) is 11.7. The minimum Gasteiger partial charge on any atom is -0.352 e. The highest BCUT2D eigenvalue weighted by atomic mass is 32.2. The Kier molecular flexibility index (Phi) is 7.51. The number of aromatic nitrogens is 2. The molecule has 1 aliphatic heterocycles. The molecule has 2 N–H and O–H groups in total. The quantitative estimate of drug-likeness (QED) is 0.251. The molecule has 12 heteroatoms. The maximum atomic E-state index is 13.7. The summed E-state index contributed by atoms with van der Waals surface area (Å²) in [5.41, 5.74) is 1.24. The molecule has 0 atom stereocenters. The predicted octanol–water partition coefficient (Wildman–Crippen LogP) is 5.92. The van der Waals surface area contributed by atoms with Crippen LogP contribution in [0.2, 0.25) is 0 Å². The number of hydrogen-bond acceptors (Lipinski definition) is 8. The first-order valence-corrected chi connectivity index (χ1v) is 13.8. The number of hydrogen-bond donors (Lipinski definition) is 2. The summed E-state index contributed by atoms with van der Waals surface area (Å²) in [6, 6.07) is 15.4. The van der Waals surface area contributed by atoms with Crippen LogP contribution in [0.3, 0.4) is 0 Å². The van der Waals surface area contributed by atoms with Crippen LogP contribution >= 0.6 is 23.1 Å². The molecule has 1 fully saturated rings. The fourth-order valence-electron chi connectivity index (χ4n) is 4.19. The Hall–Kier alpha value is -4.34. The van der Waals surface area contributed by atoms with Crippen molar-refractivity contribution < 1.29 is 18.4 Å². The maximum Gasteiger partial charge on any atom is 0.325 e. The van der Waals surface area contributed by atoms with Crippen LogP contribution in [0, 0.1) is 23.0 Å². The van der Waals surface area contributed by atoms with E-state index in [2.05, 4.69) is 26.7 Å². The summed E-state index contributed by atoms with van der Waals surface area (Å²) < 4.78 is 27.9. The number of carbonyl (C=O) groups is 2. The second kappa shape index (κ2) is 11.0. The van der Waals surface area contributed by atoms with Crippen molar-refractivity contribution in [1.29, 1.82) is 5.26 Å². The highest BCUT2D eigenvalue weighted by Crippen LogP contribution is 2.48. The van der Waals surface area contributed by atoms with Crippen molar-refractivity contribution in [3.8, 4) is 27.8 Å². The van der Waals surface area contributed by atoms with Gasteiger partial charge in [0.25, 0.3) is 5.91 Å². The van der Waals surface area contributed by atoms with E-state index in [4.69, 9.17) is 0 Å². The van der Waals surface area contributed by atoms with Gasteiger partial charge in [-0.05, 0) is 61.9 Å². The first-order chi connectivity index (χ1) is 19.2. The Labute approximate surface area is 237 Å². The number of thiophene rings is 1. The standard InChI is InChI=1S/C28H22F2N6O2S2/c1-28(2)25(37)35-27(38)36(28)14-13-33-26-32-12-11-21(34-26)23-22(16-3-5-17(29)6-4-16)20(15-31)24(40-23)39-19-9-7-18(30)8-10-19/h3-12H,13-14H2,1-2H3,(H,32,33,34)(H,35,37,38). The normalized spacial score (nSPS) is 14.2. The third-order valence-corrected chi connectivity index (χ3v) is 8.75. The molecule has 40 heavy (non-hydrogen) atoms. The van der Waals surface area contributed by atoms with E-state index < -0.39 is 17.4 Å². The molecule has 8 nitrogen and oxygen atoms in total. The topological polar surface area (TPSA) is 111 Å². The molecule has 4 aromatic rings. The number of nitriles is 1. The van der Waals surface area contributed by atoms with E-state index in [0.29, 0.717) is 37.4 Å². The molecule has 0 spiro atoms. The molecule has 3 heterocycles. The average molecular weight is 577 g/mol. The van der Waals surface area contributed by atoms with Gasteiger partial charge in [0.2, 0.25) is 5.95 Å². The lowest BCUT2D eigenvalue weighted by Crippen LogP contribution is -2.46. The van der Waals surface area contributed by atoms with Crippen molar-refractivity contribution in [3.05, 3.63) is 78.0 Å². The van der Waals surface area contributed by atoms with Crippen molar-refractivity contribution in [3.63, 3.8) is 0 Å². The Balaban J connectivity index is 1.47. The zero-order valence-electron chi connectivity index (χ0n) is 21.4. The SMILES string of the molecule is CC1(C)C(=O)NC(=O)N1CCNc1nccc(-c2sc(Sc3ccc(F)cc3)c(C#N)c2-c2ccc(F)cc2)n1. The molecular formula is C28H22F2N6O2S2. The Morgan fingerprint density at radius 2 is 1.75 bits per heavy atom. The minimum absolute atomic E-state index is 0.245. The van der Waals surface area contributed by atoms with Crippen LogP contribution < -0.4 is 10.6 Å². The number of anilines is 1. The number of carbonyl (C=O) groups excluding carboxylic acids is 2. The highest BCUT2D eigenvalue weighted by Gasteiger charge is 2.45. The monoisotopic (exact) mass is 576 g/mol. The van der Waals surface area contributed by atoms with Gasteiger partial charge in [0, 0.05) is 29.7 Å². The molecule has 1 aliphatic rings. The number of rotatable bonds is 8. The molecule has 0 aliphatic carbocycles. The number of nitrogens with one attached hydrogen (secondary N) is 2. The van der Waals surface area contributed by atoms with Crippen LogP contribution in [0.5, 0.6) is 0 Å². The zero-order chi connectivity index (χ0) is 28.4. The molecular weight excluding hydrogens is 554 g/mol. The summed E-state index contributed by atoms with van der Waals surface area (Å²) in [5.74, 6) is -0.814. The van der Waals surface area contributed by atoms with Gasteiger partial charge < -0.3 is 10.2 Å². The van der Waals surface area contributed by atoms with Gasteiger partial charge in [-0.1, -0.05) is 23.9 Å². The van der Waals surface area contributed by atoms with Crippen molar-refractivity contribution in [2.24, 2.45) is 0 Å². The third kappa shape index (κ3) is 5.38. The van der Waals surface area contributed by atoms with Gasteiger partial charge in [-0.3, -0.25) is 10.1 Å². The van der Waals surface area contributed by atoms with Crippen LogP contribution in [0.4, 0.5) is 19.5 Å². The summed E-state index contributed by atoms with van der Waals surface area (Å²) in [6.45, 7) is 3.88. The highest BCUT2D eigenvalue weighted by molar-refractivity contribution is 8.01. The minimum atomic E-state index is -0.964. The zero-order valence-corrected chi connectivity index (χ0v) is 23.0. The number of nitrogens with zero attached hydrogens (tertiary/aromatic N) is 4. The molecule has 2 aromatic heterocycles. The van der Waals surface area contributed by atoms with E-state index in [-0.39, 0.29) is 24.8 Å². The molecule has 0 radical (unpaired) electrons. The van der Waals surface area contributed by atoms with Crippen LogP contribution in [0.25, 0.3) is 21.7 Å². The van der Waals surface area contributed by atoms with Crippen molar-refractivity contribution in [2.45, 2.75) is 28.5 Å². The number of benzene rings is 2. The lowest BCUT2D eigenvalue weighted by Gasteiger charge is -2.27. The lowest BCUT2D eigenvalue weighted by atomic mass is 10.0. The van der Waals surface area contributed by atoms with E-state index in [1.807, 2.05) is 0 Å². The molecule has 2 aromatic carbocycles. The van der Waals surface area contributed by atoms with E-state index in [0.717, 1.165) is 4.90 Å². The van der Waals surface area contributed by atoms with Crippen molar-refractivity contribution in [2.75, 3.05) is 18.4 Å². The smallest absolute Gasteiger partial charge is 0.325 e. The van der Waals surface area contributed by atoms with Crippen LogP contribution in [-0.4, -0.2) is 45.4 Å². The van der Waals surface area contributed by atoms with Gasteiger partial charge in [0.1, 0.15) is 23.2 Å². The molecule has 0 unspecified atom stereocenters. The Morgan fingerprint density at radius 1 is 1.07 bits per heavy atom. The number of urea groups is 1. The third-order valence-electron chi connectivity index (χ3n) is 6.35. The summed E-state index contributed by atoms with van der Waals surface area (Å²) in [4.78, 5) is 36.0. The largest absolute Gasteiger partial charge is 0.352 e. The van der Waals surface area contributed by atoms with Gasteiger partial charge in [-0.15, -0.1) is 11.3 Å². The number of imide groups is 1. The van der Waals surface area contributed by atoms with Crippen molar-refractivity contribution in [1.82, 2.24) is 20.2 Å². The second-order valence-electron chi connectivity index (χ2n) is 9.31. The summed E-state index contributed by atoms with van der Waals surface area (Å²) in [6.07, 6.45) is 1.58. The van der Waals surface area contributed by atoms with Crippen LogP contribution in [-0.2, 0) is 4.79 Å². The van der Waals surface area contributed by atoms with Gasteiger partial charge in [-0.25, -0.2) is 23.5 Å². The predicted molar refractivity (Wildman–Crippen MR) is 149 cm³/mol. The summed E-state index contributed by atoms with van der Waals surface area (Å²) in [5, 5.41) is 15.6. The lowest BCUT2D eigenvalue weighted by molar-refractivity contribution is -0.125. The summed E-state index contributed by atoms with van der Waals surface area (Å²) >= 11 is 2.68. The van der Waals surface area contributed by atoms with E-state index in [9.17, 15) is 23.6 Å². The molecule has 1 saturated heterocycles. The fraction of sp³-hybridized carbons (Fsp3) is 0.179. The van der Waals surface area contributed by atoms with Crippen molar-refractivity contribution >= 4 is 41.0 Å². The first-order valence-electron chi connectivity index (χ1n) is 12.1. The Morgan fingerprint density at radius 3 is 2.38 bits per heavy atom. The molecule has 5 rings (SSSR count). The van der Waals surface area contributed by atoms with Crippen LogP contribution in [0.1, 0.15) is 19.4 Å². The molecule has 0 bridgehead atoms. The molecule has 3 amide bonds. The van der Waals surface area contributed by atoms with Gasteiger partial charge in [0.15, 0.2) is 0 Å². The molecule has 0 saturated carbocycles. The van der Waals surface area contributed by atoms with E-state index >= 15 is 0 Å². The first kappa shape index (κ1) is 27.2. The molecule has 202 valence electrons. The van der Waals surface area contributed by atoms with E-state index in [1.54, 1.807) is 50.4 Å². The maximum absolute atomic E-state index is 13.7. The average Bonchev–Trinajstić information content (AvgIpc) is 3.39. The summed E-state index contributed by atoms with van der Waals surface area (Å²) in [7, 11) is 0. The van der Waals surface area contributed by atoms with Gasteiger partial charge in [-0.2, -0.15) is 5.26 Å². The van der Waals surface area contributed by atoms with Gasteiger partial charge in [0.05, 0.1) is 20.3 Å². The number of halogens is 2. The van der Waals surface area contributed by atoms with E-state index in [1.165, 1.54) is 52.3 Å². The number of amides is 3. The fourth-order valence-corrected chi connectivity index (χ4v) is 6.61. The van der Waals surface area contributed by atoms with Crippen LogP contribution in [0.15, 0.2) is 69.9 Å². The van der Waals surface area contributed by atoms with Gasteiger partial charge >= 0.3 is 6.03 Å². The Bertz CT molecular complexity index is 1630.